The summed E-state index contributed by atoms with van der Waals surface area (Å²) in [5.74, 6) is 1.77. The van der Waals surface area contributed by atoms with Gasteiger partial charge in [0, 0.05) is 25.3 Å². The van der Waals surface area contributed by atoms with Crippen LogP contribution < -0.4 is 5.73 Å². The highest BCUT2D eigenvalue weighted by atomic mass is 16.5. The fourth-order valence-electron chi connectivity index (χ4n) is 3.16. The predicted octanol–water partition coefficient (Wildman–Crippen LogP) is 1.86. The maximum atomic E-state index is 6.46. The van der Waals surface area contributed by atoms with Crippen molar-refractivity contribution in [2.24, 2.45) is 17.6 Å². The normalized spacial score (nSPS) is 27.5. The number of nitrogens with two attached hydrogens (primary N) is 1. The second-order valence-corrected chi connectivity index (χ2v) is 6.33. The van der Waals surface area contributed by atoms with Gasteiger partial charge in [-0.2, -0.15) is 0 Å². The molecule has 0 aromatic heterocycles. The molecule has 2 aliphatic heterocycles. The van der Waals surface area contributed by atoms with Crippen LogP contribution in [0.15, 0.2) is 0 Å². The van der Waals surface area contributed by atoms with Crippen LogP contribution in [0.2, 0.25) is 0 Å². The lowest BCUT2D eigenvalue weighted by Gasteiger charge is -2.41. The molecule has 0 bridgehead atoms. The fourth-order valence-corrected chi connectivity index (χ4v) is 3.16. The summed E-state index contributed by atoms with van der Waals surface area (Å²) in [5, 5.41) is 0. The Kier molecular flexibility index (Phi) is 4.45. The molecule has 0 radical (unpaired) electrons. The quantitative estimate of drug-likeness (QED) is 0.818. The zero-order chi connectivity index (χ0) is 12.3. The molecule has 2 aliphatic rings. The second kappa shape index (κ2) is 5.68. The molecule has 0 aromatic carbocycles. The van der Waals surface area contributed by atoms with E-state index in [2.05, 4.69) is 18.7 Å². The molecule has 0 aromatic rings. The molecule has 100 valence electrons. The first-order valence-corrected chi connectivity index (χ1v) is 7.18. The minimum absolute atomic E-state index is 0.0168. The number of hydrogen-bond acceptors (Lipinski definition) is 3. The van der Waals surface area contributed by atoms with Gasteiger partial charge < -0.3 is 15.4 Å². The van der Waals surface area contributed by atoms with Crippen LogP contribution in [-0.4, -0.2) is 43.3 Å². The monoisotopic (exact) mass is 240 g/mol. The number of likely N-dealkylation sites (tertiary alicyclic amines) is 1. The number of piperidine rings is 1. The average Bonchev–Trinajstić information content (AvgIpc) is 2.30. The minimum Gasteiger partial charge on any atom is -0.381 e. The van der Waals surface area contributed by atoms with E-state index in [1.807, 2.05) is 0 Å². The Labute approximate surface area is 106 Å². The second-order valence-electron chi connectivity index (χ2n) is 6.33. The largest absolute Gasteiger partial charge is 0.381 e. The predicted molar refractivity (Wildman–Crippen MR) is 71.0 cm³/mol. The Morgan fingerprint density at radius 1 is 1.24 bits per heavy atom. The van der Waals surface area contributed by atoms with Crippen molar-refractivity contribution in [3.63, 3.8) is 0 Å². The molecule has 0 spiro atoms. The summed E-state index contributed by atoms with van der Waals surface area (Å²) in [7, 11) is 0. The van der Waals surface area contributed by atoms with Crippen LogP contribution in [0.1, 0.15) is 39.5 Å². The summed E-state index contributed by atoms with van der Waals surface area (Å²) in [6.45, 7) is 9.94. The van der Waals surface area contributed by atoms with Crippen molar-refractivity contribution in [2.75, 3.05) is 32.8 Å². The molecule has 3 heteroatoms. The van der Waals surface area contributed by atoms with E-state index in [1.165, 1.54) is 25.9 Å². The Morgan fingerprint density at radius 2 is 1.82 bits per heavy atom. The first-order chi connectivity index (χ1) is 8.09. The zero-order valence-electron chi connectivity index (χ0n) is 11.5. The van der Waals surface area contributed by atoms with Crippen LogP contribution in [-0.2, 0) is 4.74 Å². The first kappa shape index (κ1) is 13.3. The summed E-state index contributed by atoms with van der Waals surface area (Å²) in [4.78, 5) is 2.57. The Bertz CT molecular complexity index is 228. The van der Waals surface area contributed by atoms with Gasteiger partial charge in [-0.25, -0.2) is 0 Å². The van der Waals surface area contributed by atoms with Gasteiger partial charge in [-0.3, -0.25) is 0 Å². The van der Waals surface area contributed by atoms with E-state index in [-0.39, 0.29) is 5.54 Å². The van der Waals surface area contributed by atoms with E-state index in [9.17, 15) is 0 Å². The van der Waals surface area contributed by atoms with Crippen LogP contribution in [0.3, 0.4) is 0 Å². The lowest BCUT2D eigenvalue weighted by atomic mass is 9.85. The standard InChI is InChI=1S/C14H28N2O/c1-12(2)13-3-7-16(8-4-13)11-14(15)5-9-17-10-6-14/h12-13H,3-11,15H2,1-2H3. The van der Waals surface area contributed by atoms with Crippen molar-refractivity contribution in [1.82, 2.24) is 4.90 Å². The lowest BCUT2D eigenvalue weighted by molar-refractivity contribution is 0.0303. The van der Waals surface area contributed by atoms with Gasteiger partial charge in [0.05, 0.1) is 0 Å². The molecule has 2 heterocycles. The van der Waals surface area contributed by atoms with Crippen LogP contribution >= 0.6 is 0 Å². The van der Waals surface area contributed by atoms with Gasteiger partial charge >= 0.3 is 0 Å². The molecule has 3 nitrogen and oxygen atoms in total. The van der Waals surface area contributed by atoms with E-state index in [0.29, 0.717) is 0 Å². The van der Waals surface area contributed by atoms with Crippen molar-refractivity contribution < 1.29 is 4.74 Å². The molecule has 0 atom stereocenters. The SMILES string of the molecule is CC(C)C1CCN(CC2(N)CCOCC2)CC1. The molecule has 2 fully saturated rings. The number of hydrogen-bond donors (Lipinski definition) is 1. The summed E-state index contributed by atoms with van der Waals surface area (Å²) < 4.78 is 5.40. The zero-order valence-corrected chi connectivity index (χ0v) is 11.5. The summed E-state index contributed by atoms with van der Waals surface area (Å²) in [6.07, 6.45) is 4.75. The lowest BCUT2D eigenvalue weighted by Crippen LogP contribution is -2.54. The van der Waals surface area contributed by atoms with Crippen LogP contribution in [0.4, 0.5) is 0 Å². The van der Waals surface area contributed by atoms with Gasteiger partial charge in [-0.1, -0.05) is 13.8 Å². The third-order valence-corrected chi connectivity index (χ3v) is 4.60. The van der Waals surface area contributed by atoms with E-state index < -0.39 is 0 Å². The molecule has 0 saturated carbocycles. The molecule has 0 aliphatic carbocycles. The van der Waals surface area contributed by atoms with Crippen molar-refractivity contribution in [3.05, 3.63) is 0 Å². The average molecular weight is 240 g/mol. The summed E-state index contributed by atoms with van der Waals surface area (Å²) in [5.41, 5.74) is 6.48. The fraction of sp³-hybridized carbons (Fsp3) is 1.00. The van der Waals surface area contributed by atoms with Crippen molar-refractivity contribution in [1.29, 1.82) is 0 Å². The number of nitrogens with zero attached hydrogens (tertiary/aromatic N) is 1. The molecular formula is C14H28N2O. The molecule has 2 N–H and O–H groups in total. The van der Waals surface area contributed by atoms with Gasteiger partial charge in [0.2, 0.25) is 0 Å². The molecular weight excluding hydrogens is 212 g/mol. The molecule has 0 unspecified atom stereocenters. The third kappa shape index (κ3) is 3.67. The highest BCUT2D eigenvalue weighted by molar-refractivity contribution is 4.90. The minimum atomic E-state index is 0.0168. The van der Waals surface area contributed by atoms with Crippen LogP contribution in [0.25, 0.3) is 0 Å². The van der Waals surface area contributed by atoms with Gasteiger partial charge in [0.15, 0.2) is 0 Å². The first-order valence-electron chi connectivity index (χ1n) is 7.18. The van der Waals surface area contributed by atoms with Crippen LogP contribution in [0, 0.1) is 11.8 Å². The molecule has 2 rings (SSSR count). The molecule has 2 saturated heterocycles. The van der Waals surface area contributed by atoms with Gasteiger partial charge in [-0.05, 0) is 50.6 Å². The van der Waals surface area contributed by atoms with Crippen molar-refractivity contribution >= 4 is 0 Å². The summed E-state index contributed by atoms with van der Waals surface area (Å²) >= 11 is 0. The van der Waals surface area contributed by atoms with E-state index in [4.69, 9.17) is 10.5 Å². The number of rotatable bonds is 3. The maximum absolute atomic E-state index is 6.46. The number of ether oxygens (including phenoxy) is 1. The molecule has 0 amide bonds. The van der Waals surface area contributed by atoms with Gasteiger partial charge in [0.1, 0.15) is 0 Å². The van der Waals surface area contributed by atoms with Crippen LogP contribution in [0.5, 0.6) is 0 Å². The molecule has 17 heavy (non-hydrogen) atoms. The Balaban J connectivity index is 1.77. The van der Waals surface area contributed by atoms with E-state index in [1.54, 1.807) is 0 Å². The van der Waals surface area contributed by atoms with Crippen molar-refractivity contribution in [3.8, 4) is 0 Å². The Morgan fingerprint density at radius 3 is 2.35 bits per heavy atom. The van der Waals surface area contributed by atoms with Gasteiger partial charge in [-0.15, -0.1) is 0 Å². The van der Waals surface area contributed by atoms with Crippen molar-refractivity contribution in [2.45, 2.75) is 45.1 Å². The highest BCUT2D eigenvalue weighted by Crippen LogP contribution is 2.26. The maximum Gasteiger partial charge on any atom is 0.0484 e. The third-order valence-electron chi connectivity index (χ3n) is 4.60. The Hall–Kier alpha value is -0.120. The highest BCUT2D eigenvalue weighted by Gasteiger charge is 2.32. The topological polar surface area (TPSA) is 38.5 Å². The summed E-state index contributed by atoms with van der Waals surface area (Å²) in [6, 6.07) is 0. The van der Waals surface area contributed by atoms with Gasteiger partial charge in [0.25, 0.3) is 0 Å². The van der Waals surface area contributed by atoms with E-state index >= 15 is 0 Å². The van der Waals surface area contributed by atoms with E-state index in [0.717, 1.165) is 44.4 Å². The smallest absolute Gasteiger partial charge is 0.0484 e.